The molecular formula is C17H16FN3O2S2. The molecule has 3 aromatic rings. The van der Waals surface area contributed by atoms with Crippen LogP contribution in [0.4, 0.5) is 4.39 Å². The molecule has 1 aliphatic heterocycles. The Morgan fingerprint density at radius 3 is 3.08 bits per heavy atom. The molecule has 2 aromatic heterocycles. The SMILES string of the molecule is CCn1c(SCc2cc(F)cc3c2OCOC3)nnc1-c1cccs1. The highest BCUT2D eigenvalue weighted by Crippen LogP contribution is 2.34. The second-order valence-electron chi connectivity index (χ2n) is 5.48. The Labute approximate surface area is 152 Å². The van der Waals surface area contributed by atoms with Crippen molar-refractivity contribution in [1.82, 2.24) is 14.8 Å². The molecule has 0 spiro atoms. The zero-order valence-corrected chi connectivity index (χ0v) is 15.2. The second kappa shape index (κ2) is 7.15. The zero-order valence-electron chi connectivity index (χ0n) is 13.6. The predicted octanol–water partition coefficient (Wildman–Crippen LogP) is 4.32. The number of benzene rings is 1. The number of ether oxygens (including phenoxy) is 2. The number of aromatic nitrogens is 3. The number of fused-ring (bicyclic) bond motifs is 1. The van der Waals surface area contributed by atoms with Gasteiger partial charge in [0, 0.05) is 23.4 Å². The Kier molecular flexibility index (Phi) is 4.74. The number of rotatable bonds is 5. The number of thiophene rings is 1. The minimum absolute atomic E-state index is 0.198. The third-order valence-corrected chi connectivity index (χ3v) is 5.76. The molecule has 3 heterocycles. The van der Waals surface area contributed by atoms with Gasteiger partial charge in [-0.3, -0.25) is 0 Å². The van der Waals surface area contributed by atoms with Crippen LogP contribution >= 0.6 is 23.1 Å². The molecule has 0 saturated heterocycles. The fraction of sp³-hybridized carbons (Fsp3) is 0.294. The highest BCUT2D eigenvalue weighted by atomic mass is 32.2. The quantitative estimate of drug-likeness (QED) is 0.620. The molecule has 0 bridgehead atoms. The van der Waals surface area contributed by atoms with Crippen molar-refractivity contribution in [2.45, 2.75) is 31.0 Å². The van der Waals surface area contributed by atoms with Gasteiger partial charge in [-0.1, -0.05) is 17.8 Å². The Hall–Kier alpha value is -1.90. The van der Waals surface area contributed by atoms with E-state index in [0.29, 0.717) is 12.4 Å². The lowest BCUT2D eigenvalue weighted by molar-refractivity contribution is -0.0171. The van der Waals surface area contributed by atoms with Crippen molar-refractivity contribution in [2.75, 3.05) is 6.79 Å². The summed E-state index contributed by atoms with van der Waals surface area (Å²) in [6.45, 7) is 3.41. The van der Waals surface area contributed by atoms with E-state index in [4.69, 9.17) is 9.47 Å². The molecule has 1 aromatic carbocycles. The summed E-state index contributed by atoms with van der Waals surface area (Å²) in [6, 6.07) is 7.02. The van der Waals surface area contributed by atoms with Gasteiger partial charge < -0.3 is 14.0 Å². The van der Waals surface area contributed by atoms with Gasteiger partial charge in [0.2, 0.25) is 0 Å². The first-order valence-electron chi connectivity index (χ1n) is 7.88. The van der Waals surface area contributed by atoms with Crippen LogP contribution in [0, 0.1) is 5.82 Å². The predicted molar refractivity (Wildman–Crippen MR) is 95.3 cm³/mol. The monoisotopic (exact) mass is 377 g/mol. The number of hydrogen-bond acceptors (Lipinski definition) is 6. The van der Waals surface area contributed by atoms with E-state index < -0.39 is 0 Å². The molecule has 1 aliphatic rings. The average Bonchev–Trinajstić information content (AvgIpc) is 3.28. The number of nitrogens with zero attached hydrogens (tertiary/aromatic N) is 3. The van der Waals surface area contributed by atoms with E-state index in [1.54, 1.807) is 11.3 Å². The van der Waals surface area contributed by atoms with Crippen LogP contribution in [0.5, 0.6) is 5.75 Å². The maximum atomic E-state index is 13.9. The molecule has 0 saturated carbocycles. The number of hydrogen-bond donors (Lipinski definition) is 0. The summed E-state index contributed by atoms with van der Waals surface area (Å²) in [4.78, 5) is 1.09. The minimum Gasteiger partial charge on any atom is -0.467 e. The van der Waals surface area contributed by atoms with Crippen LogP contribution in [-0.4, -0.2) is 21.6 Å². The van der Waals surface area contributed by atoms with Crippen molar-refractivity contribution < 1.29 is 13.9 Å². The Balaban J connectivity index is 1.59. The van der Waals surface area contributed by atoms with E-state index in [1.807, 2.05) is 17.5 Å². The van der Waals surface area contributed by atoms with Crippen molar-refractivity contribution in [3.05, 3.63) is 46.6 Å². The molecular weight excluding hydrogens is 361 g/mol. The molecule has 8 heteroatoms. The Bertz CT molecular complexity index is 880. The molecule has 0 aliphatic carbocycles. The van der Waals surface area contributed by atoms with Crippen LogP contribution in [0.15, 0.2) is 34.8 Å². The van der Waals surface area contributed by atoms with E-state index in [9.17, 15) is 4.39 Å². The van der Waals surface area contributed by atoms with Crippen LogP contribution in [-0.2, 0) is 23.6 Å². The van der Waals surface area contributed by atoms with Crippen molar-refractivity contribution in [1.29, 1.82) is 0 Å². The Morgan fingerprint density at radius 1 is 1.36 bits per heavy atom. The van der Waals surface area contributed by atoms with E-state index in [1.165, 1.54) is 23.9 Å². The average molecular weight is 377 g/mol. The lowest BCUT2D eigenvalue weighted by atomic mass is 10.1. The normalized spacial score (nSPS) is 13.5. The van der Waals surface area contributed by atoms with E-state index in [2.05, 4.69) is 21.7 Å². The first kappa shape index (κ1) is 16.6. The van der Waals surface area contributed by atoms with Crippen LogP contribution < -0.4 is 4.74 Å². The van der Waals surface area contributed by atoms with E-state index in [0.717, 1.165) is 39.3 Å². The Morgan fingerprint density at radius 2 is 2.28 bits per heavy atom. The molecule has 25 heavy (non-hydrogen) atoms. The molecule has 5 nitrogen and oxygen atoms in total. The third-order valence-electron chi connectivity index (χ3n) is 3.88. The lowest BCUT2D eigenvalue weighted by Crippen LogP contribution is -2.13. The van der Waals surface area contributed by atoms with Crippen LogP contribution in [0.1, 0.15) is 18.1 Å². The van der Waals surface area contributed by atoms with Crippen molar-refractivity contribution in [2.24, 2.45) is 0 Å². The fourth-order valence-corrected chi connectivity index (χ4v) is 4.46. The first-order valence-corrected chi connectivity index (χ1v) is 9.74. The highest BCUT2D eigenvalue weighted by Gasteiger charge is 2.19. The summed E-state index contributed by atoms with van der Waals surface area (Å²) in [6.07, 6.45) is 0. The van der Waals surface area contributed by atoms with Gasteiger partial charge in [-0.25, -0.2) is 4.39 Å². The largest absolute Gasteiger partial charge is 0.467 e. The molecule has 130 valence electrons. The van der Waals surface area contributed by atoms with Gasteiger partial charge in [-0.2, -0.15) is 0 Å². The molecule has 0 atom stereocenters. The topological polar surface area (TPSA) is 49.2 Å². The van der Waals surface area contributed by atoms with Crippen molar-refractivity contribution >= 4 is 23.1 Å². The maximum absolute atomic E-state index is 13.9. The summed E-state index contributed by atoms with van der Waals surface area (Å²) in [7, 11) is 0. The van der Waals surface area contributed by atoms with Gasteiger partial charge in [-0.15, -0.1) is 21.5 Å². The molecule has 0 fully saturated rings. The van der Waals surface area contributed by atoms with Gasteiger partial charge in [0.05, 0.1) is 11.5 Å². The summed E-state index contributed by atoms with van der Waals surface area (Å²) < 4.78 is 26.7. The lowest BCUT2D eigenvalue weighted by Gasteiger charge is -2.20. The summed E-state index contributed by atoms with van der Waals surface area (Å²) in [5, 5.41) is 11.5. The zero-order chi connectivity index (χ0) is 17.2. The maximum Gasteiger partial charge on any atom is 0.191 e. The van der Waals surface area contributed by atoms with Crippen LogP contribution in [0.3, 0.4) is 0 Å². The highest BCUT2D eigenvalue weighted by molar-refractivity contribution is 7.98. The number of thioether (sulfide) groups is 1. The van der Waals surface area contributed by atoms with Gasteiger partial charge in [0.1, 0.15) is 11.6 Å². The van der Waals surface area contributed by atoms with Gasteiger partial charge in [0.15, 0.2) is 17.8 Å². The van der Waals surface area contributed by atoms with Crippen LogP contribution in [0.25, 0.3) is 10.7 Å². The summed E-state index contributed by atoms with van der Waals surface area (Å²) >= 11 is 3.17. The molecule has 0 amide bonds. The van der Waals surface area contributed by atoms with Crippen LogP contribution in [0.2, 0.25) is 0 Å². The van der Waals surface area contributed by atoms with Crippen molar-refractivity contribution in [3.63, 3.8) is 0 Å². The van der Waals surface area contributed by atoms with Gasteiger partial charge in [-0.05, 0) is 30.5 Å². The minimum atomic E-state index is -0.278. The molecule has 0 N–H and O–H groups in total. The molecule has 4 rings (SSSR count). The second-order valence-corrected chi connectivity index (χ2v) is 7.37. The fourth-order valence-electron chi connectivity index (χ4n) is 2.77. The number of halogens is 1. The summed E-state index contributed by atoms with van der Waals surface area (Å²) in [5.74, 6) is 1.87. The van der Waals surface area contributed by atoms with E-state index >= 15 is 0 Å². The standard InChI is InChI=1S/C17H16FN3O2S2/c1-2-21-16(14-4-3-5-24-14)19-20-17(21)25-9-12-7-13(18)6-11-8-22-10-23-15(11)12/h3-7H,2,8-10H2,1H3. The molecule has 0 radical (unpaired) electrons. The summed E-state index contributed by atoms with van der Waals surface area (Å²) in [5.41, 5.74) is 1.56. The third kappa shape index (κ3) is 3.29. The first-order chi connectivity index (χ1) is 12.3. The van der Waals surface area contributed by atoms with E-state index in [-0.39, 0.29) is 12.6 Å². The van der Waals surface area contributed by atoms with Crippen molar-refractivity contribution in [3.8, 4) is 16.5 Å². The molecule has 0 unspecified atom stereocenters. The smallest absolute Gasteiger partial charge is 0.191 e. The van der Waals surface area contributed by atoms with Gasteiger partial charge in [0.25, 0.3) is 0 Å². The van der Waals surface area contributed by atoms with Gasteiger partial charge >= 0.3 is 0 Å².